The second kappa shape index (κ2) is 5.64. The Morgan fingerprint density at radius 2 is 1.94 bits per heavy atom. The molecule has 0 aliphatic heterocycles. The number of methoxy groups -OCH3 is 1. The second-order valence-corrected chi connectivity index (χ2v) is 4.74. The van der Waals surface area contributed by atoms with E-state index >= 15 is 0 Å². The average Bonchev–Trinajstić information content (AvgIpc) is 2.85. The van der Waals surface area contributed by atoms with Gasteiger partial charge in [-0.1, -0.05) is 30.3 Å². The molecule has 0 saturated carbocycles. The van der Waals surface area contributed by atoms with Crippen LogP contribution in [0, 0.1) is 0 Å². The Morgan fingerprint density at radius 3 is 2.65 bits per heavy atom. The Bertz CT molecular complexity index is 488. The number of ether oxygens (including phenoxy) is 1. The molecular weight excluding hydrogens is 232 g/mol. The van der Waals surface area contributed by atoms with E-state index in [2.05, 4.69) is 12.1 Å². The molecule has 0 aliphatic carbocycles. The van der Waals surface area contributed by atoms with Crippen LogP contribution >= 0.6 is 11.3 Å². The number of carbonyl (C=O) groups is 1. The van der Waals surface area contributed by atoms with Crippen LogP contribution in [0.5, 0.6) is 0 Å². The summed E-state index contributed by atoms with van der Waals surface area (Å²) in [6.07, 6.45) is 1.83. The second-order valence-electron chi connectivity index (χ2n) is 3.73. The third-order valence-electron chi connectivity index (χ3n) is 2.63. The molecule has 2 rings (SSSR count). The minimum atomic E-state index is -0.241. The van der Waals surface area contributed by atoms with Crippen molar-refractivity contribution in [3.63, 3.8) is 0 Å². The Balaban J connectivity index is 2.05. The predicted molar refractivity (Wildman–Crippen MR) is 69.5 cm³/mol. The third-order valence-corrected chi connectivity index (χ3v) is 3.62. The van der Waals surface area contributed by atoms with Gasteiger partial charge in [0, 0.05) is 4.88 Å². The molecule has 1 aromatic carbocycles. The van der Waals surface area contributed by atoms with Crippen molar-refractivity contribution in [3.05, 3.63) is 57.8 Å². The largest absolute Gasteiger partial charge is 0.465 e. The number of hydrogen-bond donors (Lipinski definition) is 0. The van der Waals surface area contributed by atoms with Gasteiger partial charge in [-0.05, 0) is 29.9 Å². The molecule has 0 unspecified atom stereocenters. The molecule has 1 heterocycles. The summed E-state index contributed by atoms with van der Waals surface area (Å²) in [5.74, 6) is -0.241. The van der Waals surface area contributed by atoms with Crippen molar-refractivity contribution in [1.29, 1.82) is 0 Å². The van der Waals surface area contributed by atoms with Crippen LogP contribution in [0.1, 0.15) is 20.8 Å². The molecule has 0 fully saturated rings. The van der Waals surface area contributed by atoms with Gasteiger partial charge in [-0.15, -0.1) is 11.3 Å². The molecule has 1 aromatic heterocycles. The highest BCUT2D eigenvalue weighted by Gasteiger charge is 2.12. The van der Waals surface area contributed by atoms with E-state index in [4.69, 9.17) is 4.74 Å². The molecule has 0 amide bonds. The maximum absolute atomic E-state index is 11.5. The Kier molecular flexibility index (Phi) is 3.94. The van der Waals surface area contributed by atoms with E-state index in [1.807, 2.05) is 29.6 Å². The predicted octanol–water partition coefficient (Wildman–Crippen LogP) is 3.32. The Morgan fingerprint density at radius 1 is 1.18 bits per heavy atom. The molecule has 0 saturated heterocycles. The molecule has 0 atom stereocenters. The summed E-state index contributed by atoms with van der Waals surface area (Å²) in [6.45, 7) is 0. The number of aryl methyl sites for hydroxylation is 2. The van der Waals surface area contributed by atoms with Crippen molar-refractivity contribution >= 4 is 17.3 Å². The minimum Gasteiger partial charge on any atom is -0.465 e. The first-order valence-corrected chi connectivity index (χ1v) is 6.38. The lowest BCUT2D eigenvalue weighted by molar-refractivity contribution is 0.0600. The fourth-order valence-corrected chi connectivity index (χ4v) is 2.60. The molecule has 3 heteroatoms. The Hall–Kier alpha value is -1.61. The summed E-state index contributed by atoms with van der Waals surface area (Å²) < 4.78 is 4.76. The van der Waals surface area contributed by atoms with Crippen LogP contribution in [-0.4, -0.2) is 13.1 Å². The molecule has 0 radical (unpaired) electrons. The molecule has 2 nitrogen and oxygen atoms in total. The van der Waals surface area contributed by atoms with Gasteiger partial charge in [0.05, 0.1) is 12.7 Å². The lowest BCUT2D eigenvalue weighted by Crippen LogP contribution is -2.03. The molecule has 0 spiro atoms. The van der Waals surface area contributed by atoms with Gasteiger partial charge >= 0.3 is 5.97 Å². The molecule has 0 bridgehead atoms. The van der Waals surface area contributed by atoms with Gasteiger partial charge in [-0.3, -0.25) is 0 Å². The van der Waals surface area contributed by atoms with E-state index in [1.165, 1.54) is 12.7 Å². The lowest BCUT2D eigenvalue weighted by Gasteiger charge is -2.02. The van der Waals surface area contributed by atoms with Crippen molar-refractivity contribution in [2.24, 2.45) is 0 Å². The molecular formula is C14H14O2S. The normalized spacial score (nSPS) is 10.2. The number of thiophene rings is 1. The van der Waals surface area contributed by atoms with Crippen LogP contribution in [-0.2, 0) is 17.6 Å². The van der Waals surface area contributed by atoms with Gasteiger partial charge in [0.1, 0.15) is 0 Å². The Labute approximate surface area is 105 Å². The van der Waals surface area contributed by atoms with Crippen molar-refractivity contribution in [2.45, 2.75) is 12.8 Å². The number of hydrogen-bond acceptors (Lipinski definition) is 3. The number of rotatable bonds is 4. The van der Waals surface area contributed by atoms with Crippen LogP contribution in [0.4, 0.5) is 0 Å². The van der Waals surface area contributed by atoms with E-state index in [1.54, 1.807) is 11.3 Å². The first-order valence-electron chi connectivity index (χ1n) is 5.50. The zero-order valence-corrected chi connectivity index (χ0v) is 10.5. The van der Waals surface area contributed by atoms with Gasteiger partial charge in [-0.2, -0.15) is 0 Å². The number of esters is 1. The van der Waals surface area contributed by atoms with E-state index in [0.717, 1.165) is 17.7 Å². The topological polar surface area (TPSA) is 26.3 Å². The van der Waals surface area contributed by atoms with Gasteiger partial charge in [-0.25, -0.2) is 4.79 Å². The van der Waals surface area contributed by atoms with Crippen LogP contribution in [0.15, 0.2) is 41.8 Å². The van der Waals surface area contributed by atoms with Crippen LogP contribution in [0.25, 0.3) is 0 Å². The quantitative estimate of drug-likeness (QED) is 0.774. The zero-order chi connectivity index (χ0) is 12.1. The van der Waals surface area contributed by atoms with Crippen molar-refractivity contribution in [1.82, 2.24) is 0 Å². The van der Waals surface area contributed by atoms with Crippen molar-refractivity contribution in [2.75, 3.05) is 7.11 Å². The van der Waals surface area contributed by atoms with E-state index in [9.17, 15) is 4.79 Å². The summed E-state index contributed by atoms with van der Waals surface area (Å²) in [4.78, 5) is 12.6. The van der Waals surface area contributed by atoms with Crippen LogP contribution in [0.2, 0.25) is 0 Å². The third kappa shape index (κ3) is 2.94. The molecule has 0 aliphatic rings. The van der Waals surface area contributed by atoms with Crippen molar-refractivity contribution in [3.8, 4) is 0 Å². The summed E-state index contributed by atoms with van der Waals surface area (Å²) in [5.41, 5.74) is 1.99. The molecule has 2 aromatic rings. The highest BCUT2D eigenvalue weighted by molar-refractivity contribution is 7.10. The lowest BCUT2D eigenvalue weighted by atomic mass is 10.1. The summed E-state index contributed by atoms with van der Waals surface area (Å²) in [7, 11) is 1.42. The van der Waals surface area contributed by atoms with Gasteiger partial charge in [0.2, 0.25) is 0 Å². The fraction of sp³-hybridized carbons (Fsp3) is 0.214. The zero-order valence-electron chi connectivity index (χ0n) is 9.68. The highest BCUT2D eigenvalue weighted by Crippen LogP contribution is 2.20. The maximum atomic E-state index is 11.5. The van der Waals surface area contributed by atoms with E-state index in [0.29, 0.717) is 5.56 Å². The molecule has 17 heavy (non-hydrogen) atoms. The first kappa shape index (κ1) is 11.9. The standard InChI is InChI=1S/C14H14O2S/c1-16-14(15)12-9-10-17-13(12)8-7-11-5-3-2-4-6-11/h2-6,9-10H,7-8H2,1H3. The van der Waals surface area contributed by atoms with Gasteiger partial charge < -0.3 is 4.74 Å². The van der Waals surface area contributed by atoms with E-state index in [-0.39, 0.29) is 5.97 Å². The molecule has 0 N–H and O–H groups in total. The van der Waals surface area contributed by atoms with Crippen LogP contribution in [0.3, 0.4) is 0 Å². The van der Waals surface area contributed by atoms with Gasteiger partial charge in [0.15, 0.2) is 0 Å². The first-order chi connectivity index (χ1) is 8.31. The smallest absolute Gasteiger partial charge is 0.338 e. The highest BCUT2D eigenvalue weighted by atomic mass is 32.1. The number of benzene rings is 1. The molecule has 88 valence electrons. The maximum Gasteiger partial charge on any atom is 0.338 e. The SMILES string of the molecule is COC(=O)c1ccsc1CCc1ccccc1. The average molecular weight is 246 g/mol. The van der Waals surface area contributed by atoms with Gasteiger partial charge in [0.25, 0.3) is 0 Å². The fourth-order valence-electron chi connectivity index (χ4n) is 1.73. The minimum absolute atomic E-state index is 0.241. The summed E-state index contributed by atoms with van der Waals surface area (Å²) in [6, 6.07) is 12.1. The monoisotopic (exact) mass is 246 g/mol. The summed E-state index contributed by atoms with van der Waals surface area (Å²) in [5, 5.41) is 1.94. The van der Waals surface area contributed by atoms with Crippen LogP contribution < -0.4 is 0 Å². The van der Waals surface area contributed by atoms with Crippen molar-refractivity contribution < 1.29 is 9.53 Å². The summed E-state index contributed by atoms with van der Waals surface area (Å²) >= 11 is 1.61. The number of carbonyl (C=O) groups excluding carboxylic acids is 1. The van der Waals surface area contributed by atoms with E-state index < -0.39 is 0 Å².